The van der Waals surface area contributed by atoms with Crippen LogP contribution < -0.4 is 10.6 Å². The molecular weight excluding hydrogens is 412 g/mol. The largest absolute Gasteiger partial charge is 0.332 e. The van der Waals surface area contributed by atoms with Gasteiger partial charge in [0.1, 0.15) is 0 Å². The lowest BCUT2D eigenvalue weighted by Gasteiger charge is -2.56. The second kappa shape index (κ2) is 7.93. The van der Waals surface area contributed by atoms with Gasteiger partial charge in [-0.3, -0.25) is 10.1 Å². The summed E-state index contributed by atoms with van der Waals surface area (Å²) in [6.07, 6.45) is 7.09. The first-order chi connectivity index (χ1) is 14.9. The van der Waals surface area contributed by atoms with Crippen LogP contribution in [0.15, 0.2) is 29.4 Å². The third-order valence-corrected chi connectivity index (χ3v) is 8.12. The normalized spacial score (nSPS) is 29.5. The molecular formula is C22H28N6O2S. The van der Waals surface area contributed by atoms with E-state index in [0.29, 0.717) is 5.16 Å². The van der Waals surface area contributed by atoms with Crippen LogP contribution in [0.1, 0.15) is 51.0 Å². The van der Waals surface area contributed by atoms with Crippen LogP contribution in [0.2, 0.25) is 0 Å². The highest BCUT2D eigenvalue weighted by Gasteiger charge is 2.51. The predicted octanol–water partition coefficient (Wildman–Crippen LogP) is 3.25. The first-order valence-electron chi connectivity index (χ1n) is 11.0. The fourth-order valence-corrected chi connectivity index (χ4v) is 6.97. The fraction of sp³-hybridized carbons (Fsp3) is 0.591. The monoisotopic (exact) mass is 440 g/mol. The molecule has 0 saturated heterocycles. The van der Waals surface area contributed by atoms with E-state index in [1.54, 1.807) is 11.6 Å². The van der Waals surface area contributed by atoms with Gasteiger partial charge in [-0.05, 0) is 92.2 Å². The maximum Gasteiger partial charge on any atom is 0.321 e. The number of tetrazole rings is 1. The first-order valence-corrected chi connectivity index (χ1v) is 11.9. The minimum absolute atomic E-state index is 0.121. The number of nitrogens with one attached hydrogen (secondary N) is 2. The summed E-state index contributed by atoms with van der Waals surface area (Å²) in [5.74, 6) is 1.86. The average Bonchev–Trinajstić information content (AvgIpc) is 3.14. The van der Waals surface area contributed by atoms with Crippen LogP contribution in [0.5, 0.6) is 0 Å². The molecule has 9 heteroatoms. The van der Waals surface area contributed by atoms with Gasteiger partial charge in [0.25, 0.3) is 0 Å². The molecule has 0 aliphatic heterocycles. The van der Waals surface area contributed by atoms with Crippen LogP contribution in [-0.2, 0) is 4.79 Å². The van der Waals surface area contributed by atoms with Crippen molar-refractivity contribution in [3.8, 4) is 5.69 Å². The molecule has 2 aromatic rings. The maximum atomic E-state index is 12.7. The van der Waals surface area contributed by atoms with Crippen molar-refractivity contribution in [1.82, 2.24) is 30.8 Å². The number of aryl methyl sites for hydroxylation is 1. The van der Waals surface area contributed by atoms with Crippen LogP contribution in [0.25, 0.3) is 5.69 Å². The minimum Gasteiger partial charge on any atom is -0.332 e. The summed E-state index contributed by atoms with van der Waals surface area (Å²) in [6, 6.07) is 7.41. The number of para-hydroxylation sites is 1. The van der Waals surface area contributed by atoms with Crippen LogP contribution in [0, 0.1) is 24.7 Å². The zero-order valence-electron chi connectivity index (χ0n) is 17.9. The van der Waals surface area contributed by atoms with Gasteiger partial charge in [-0.15, -0.1) is 5.10 Å². The number of nitrogens with zero attached hydrogens (tertiary/aromatic N) is 4. The van der Waals surface area contributed by atoms with E-state index in [0.717, 1.165) is 48.3 Å². The van der Waals surface area contributed by atoms with Crippen LogP contribution in [0.4, 0.5) is 4.79 Å². The summed E-state index contributed by atoms with van der Waals surface area (Å²) in [7, 11) is 0. The number of rotatable bonds is 5. The Morgan fingerprint density at radius 3 is 2.42 bits per heavy atom. The molecule has 4 saturated carbocycles. The third kappa shape index (κ3) is 4.07. The van der Waals surface area contributed by atoms with E-state index in [9.17, 15) is 9.59 Å². The quantitative estimate of drug-likeness (QED) is 0.692. The van der Waals surface area contributed by atoms with Crippen molar-refractivity contribution in [2.24, 2.45) is 17.8 Å². The van der Waals surface area contributed by atoms with E-state index < -0.39 is 5.25 Å². The standard InChI is InChI=1S/C22H28N6O2S/c1-13-5-3-4-6-18(13)28-21(25-26-27-28)31-14(2)19(29)23-20(30)24-22-10-15-7-16(11-22)9-17(8-15)12-22/h3-6,14-17H,7-12H2,1-2H3,(H2,23,24,29,30). The van der Waals surface area contributed by atoms with Crippen molar-refractivity contribution in [1.29, 1.82) is 0 Å². The van der Waals surface area contributed by atoms with E-state index in [4.69, 9.17) is 0 Å². The summed E-state index contributed by atoms with van der Waals surface area (Å²) in [5, 5.41) is 17.6. The van der Waals surface area contributed by atoms with Gasteiger partial charge < -0.3 is 5.32 Å². The second-order valence-electron chi connectivity index (χ2n) is 9.56. The van der Waals surface area contributed by atoms with E-state index in [1.807, 2.05) is 31.2 Å². The highest BCUT2D eigenvalue weighted by Crippen LogP contribution is 2.55. The van der Waals surface area contributed by atoms with Crippen LogP contribution >= 0.6 is 11.8 Å². The van der Waals surface area contributed by atoms with Gasteiger partial charge in [0.2, 0.25) is 11.1 Å². The molecule has 1 aromatic heterocycles. The Hall–Kier alpha value is -2.42. The Kier molecular flexibility index (Phi) is 5.24. The Balaban J connectivity index is 1.20. The lowest BCUT2D eigenvalue weighted by Crippen LogP contribution is -2.62. The Bertz CT molecular complexity index is 970. The number of carbonyl (C=O) groups excluding carboxylic acids is 2. The van der Waals surface area contributed by atoms with Crippen molar-refractivity contribution < 1.29 is 9.59 Å². The highest BCUT2D eigenvalue weighted by atomic mass is 32.2. The number of benzene rings is 1. The molecule has 0 radical (unpaired) electrons. The van der Waals surface area contributed by atoms with Gasteiger partial charge in [0, 0.05) is 5.54 Å². The average molecular weight is 441 g/mol. The van der Waals surface area contributed by atoms with E-state index in [1.165, 1.54) is 31.0 Å². The molecule has 1 aromatic carbocycles. The number of aromatic nitrogens is 4. The summed E-state index contributed by atoms with van der Waals surface area (Å²) in [6.45, 7) is 3.74. The molecule has 4 bridgehead atoms. The zero-order chi connectivity index (χ0) is 21.6. The third-order valence-electron chi connectivity index (χ3n) is 7.09. The number of carbonyl (C=O) groups is 2. The lowest BCUT2D eigenvalue weighted by atomic mass is 9.53. The van der Waals surface area contributed by atoms with E-state index in [2.05, 4.69) is 26.2 Å². The van der Waals surface area contributed by atoms with Crippen LogP contribution in [0.3, 0.4) is 0 Å². The second-order valence-corrected chi connectivity index (χ2v) is 10.9. The number of imide groups is 1. The molecule has 1 atom stereocenters. The van der Waals surface area contributed by atoms with Crippen molar-refractivity contribution >= 4 is 23.7 Å². The maximum absolute atomic E-state index is 12.7. The van der Waals surface area contributed by atoms with Crippen LogP contribution in [-0.4, -0.2) is 42.9 Å². The van der Waals surface area contributed by atoms with E-state index >= 15 is 0 Å². The Morgan fingerprint density at radius 2 is 1.77 bits per heavy atom. The SMILES string of the molecule is Cc1ccccc1-n1nnnc1SC(C)C(=O)NC(=O)NC12CC3CC(CC(C3)C1)C2. The molecule has 4 aliphatic rings. The molecule has 1 heterocycles. The molecule has 8 nitrogen and oxygen atoms in total. The predicted molar refractivity (Wildman–Crippen MR) is 117 cm³/mol. The number of hydrogen-bond acceptors (Lipinski definition) is 6. The molecule has 0 spiro atoms. The number of amides is 3. The van der Waals surface area contributed by atoms with Crippen molar-refractivity contribution in [3.05, 3.63) is 29.8 Å². The summed E-state index contributed by atoms with van der Waals surface area (Å²) >= 11 is 1.24. The smallest absolute Gasteiger partial charge is 0.321 e. The summed E-state index contributed by atoms with van der Waals surface area (Å²) < 4.78 is 1.62. The zero-order valence-corrected chi connectivity index (χ0v) is 18.7. The van der Waals surface area contributed by atoms with Gasteiger partial charge in [-0.2, -0.15) is 4.68 Å². The van der Waals surface area contributed by atoms with E-state index in [-0.39, 0.29) is 17.5 Å². The fourth-order valence-electron chi connectivity index (χ4n) is 6.17. The molecule has 4 aliphatic carbocycles. The van der Waals surface area contributed by atoms with Crippen molar-refractivity contribution in [2.75, 3.05) is 0 Å². The van der Waals surface area contributed by atoms with Gasteiger partial charge in [0.15, 0.2) is 0 Å². The Morgan fingerprint density at radius 1 is 1.13 bits per heavy atom. The highest BCUT2D eigenvalue weighted by molar-refractivity contribution is 8.00. The Labute approximate surface area is 185 Å². The van der Waals surface area contributed by atoms with Gasteiger partial charge in [-0.1, -0.05) is 30.0 Å². The number of hydrogen-bond donors (Lipinski definition) is 2. The molecule has 164 valence electrons. The molecule has 6 rings (SSSR count). The first kappa shape index (κ1) is 20.5. The molecule has 31 heavy (non-hydrogen) atoms. The lowest BCUT2D eigenvalue weighted by molar-refractivity contribution is -0.119. The number of thioether (sulfide) groups is 1. The van der Waals surface area contributed by atoms with Gasteiger partial charge in [0.05, 0.1) is 10.9 Å². The molecule has 4 fully saturated rings. The summed E-state index contributed by atoms with van der Waals surface area (Å²) in [4.78, 5) is 25.4. The molecule has 2 N–H and O–H groups in total. The minimum atomic E-state index is -0.518. The topological polar surface area (TPSA) is 102 Å². The summed E-state index contributed by atoms with van der Waals surface area (Å²) in [5.41, 5.74) is 1.77. The van der Waals surface area contributed by atoms with Gasteiger partial charge in [-0.25, -0.2) is 4.79 Å². The van der Waals surface area contributed by atoms with Crippen molar-refractivity contribution in [2.45, 2.75) is 68.3 Å². The van der Waals surface area contributed by atoms with Crippen molar-refractivity contribution in [3.63, 3.8) is 0 Å². The molecule has 1 unspecified atom stereocenters. The molecule has 3 amide bonds. The number of urea groups is 1. The van der Waals surface area contributed by atoms with Gasteiger partial charge >= 0.3 is 6.03 Å².